The van der Waals surface area contributed by atoms with Crippen LogP contribution in [0.3, 0.4) is 0 Å². The predicted molar refractivity (Wildman–Crippen MR) is 66.9 cm³/mol. The van der Waals surface area contributed by atoms with Crippen molar-refractivity contribution >= 4 is 17.9 Å². The Hall–Kier alpha value is -2.30. The number of rotatable bonds is 5. The minimum absolute atomic E-state index is 0.0112. The van der Waals surface area contributed by atoms with Crippen LogP contribution >= 0.6 is 0 Å². The Morgan fingerprint density at radius 2 is 2.00 bits per heavy atom. The van der Waals surface area contributed by atoms with Gasteiger partial charge in [0.05, 0.1) is 6.42 Å². The largest absolute Gasteiger partial charge is 0.481 e. The first kappa shape index (κ1) is 12.2. The van der Waals surface area contributed by atoms with Crippen LogP contribution < -0.4 is 4.90 Å². The Morgan fingerprint density at radius 3 is 2.61 bits per heavy atom. The Bertz CT molecular complexity index is 459. The number of aliphatic carboxylic acids is 1. The third-order valence-corrected chi connectivity index (χ3v) is 2.80. The third-order valence-electron chi connectivity index (χ3n) is 2.80. The molecule has 1 aromatic rings. The van der Waals surface area contributed by atoms with E-state index in [9.17, 15) is 9.59 Å². The van der Waals surface area contributed by atoms with Crippen molar-refractivity contribution in [2.24, 2.45) is 0 Å². The molecule has 94 valence electrons. The molecule has 1 N–H and O–H groups in total. The number of hydrogen-bond acceptors (Lipinski definition) is 4. The van der Waals surface area contributed by atoms with Gasteiger partial charge >= 0.3 is 5.97 Å². The normalized spacial score (nSPS) is 18.1. The fraction of sp³-hybridized carbons (Fsp3) is 0.231. The highest BCUT2D eigenvalue weighted by molar-refractivity contribution is 5.70. The van der Waals surface area contributed by atoms with E-state index in [1.807, 2.05) is 35.2 Å². The van der Waals surface area contributed by atoms with E-state index in [1.54, 1.807) is 17.3 Å². The van der Waals surface area contributed by atoms with Gasteiger partial charge in [0.2, 0.25) is 0 Å². The van der Waals surface area contributed by atoms with Gasteiger partial charge in [-0.3, -0.25) is 9.59 Å². The zero-order chi connectivity index (χ0) is 13.0. The summed E-state index contributed by atoms with van der Waals surface area (Å²) in [6.07, 6.45) is 3.89. The van der Waals surface area contributed by atoms with Crippen molar-refractivity contribution in [2.75, 3.05) is 11.4 Å². The fourth-order valence-electron chi connectivity index (χ4n) is 1.91. The van der Waals surface area contributed by atoms with Crippen molar-refractivity contribution in [3.05, 3.63) is 42.7 Å². The lowest BCUT2D eigenvalue weighted by Crippen LogP contribution is -2.40. The van der Waals surface area contributed by atoms with Gasteiger partial charge in [0.25, 0.3) is 0 Å². The van der Waals surface area contributed by atoms with Crippen LogP contribution in [0.2, 0.25) is 0 Å². The number of carbonyl (C=O) groups is 2. The van der Waals surface area contributed by atoms with Gasteiger partial charge in [0.1, 0.15) is 0 Å². The molecule has 1 aliphatic rings. The minimum Gasteiger partial charge on any atom is -0.481 e. The van der Waals surface area contributed by atoms with E-state index in [0.717, 1.165) is 12.0 Å². The molecule has 0 spiro atoms. The number of carboxylic acid groups (broad SMARTS) is 1. The van der Waals surface area contributed by atoms with Crippen LogP contribution in [0.15, 0.2) is 42.7 Å². The van der Waals surface area contributed by atoms with Gasteiger partial charge in [-0.1, -0.05) is 18.2 Å². The average molecular weight is 246 g/mol. The first-order valence-electron chi connectivity index (χ1n) is 5.67. The highest BCUT2D eigenvalue weighted by Crippen LogP contribution is 2.23. The van der Waals surface area contributed by atoms with Gasteiger partial charge in [0.15, 0.2) is 12.5 Å². The van der Waals surface area contributed by atoms with Gasteiger partial charge in [-0.15, -0.1) is 0 Å². The van der Waals surface area contributed by atoms with Crippen LogP contribution in [-0.2, 0) is 9.59 Å². The lowest BCUT2D eigenvalue weighted by molar-refractivity contribution is -0.137. The Kier molecular flexibility index (Phi) is 3.62. The molecule has 0 aromatic heterocycles. The SMILES string of the molecule is O=CC1N(CCC(=O)O)C=CN1c1ccccc1. The number of hydrogen-bond donors (Lipinski definition) is 1. The van der Waals surface area contributed by atoms with E-state index in [4.69, 9.17) is 5.11 Å². The smallest absolute Gasteiger partial charge is 0.305 e. The number of para-hydroxylation sites is 1. The molecular formula is C13H14N2O3. The first-order valence-corrected chi connectivity index (χ1v) is 5.67. The molecule has 0 bridgehead atoms. The summed E-state index contributed by atoms with van der Waals surface area (Å²) in [4.78, 5) is 25.3. The Balaban J connectivity index is 2.09. The number of anilines is 1. The van der Waals surface area contributed by atoms with Crippen LogP contribution in [-0.4, -0.2) is 35.0 Å². The number of benzene rings is 1. The predicted octanol–water partition coefficient (Wildman–Crippen LogP) is 1.28. The summed E-state index contributed by atoms with van der Waals surface area (Å²) in [5.41, 5.74) is 0.906. The molecule has 0 saturated carbocycles. The summed E-state index contributed by atoms with van der Waals surface area (Å²) in [6, 6.07) is 9.50. The molecule has 2 rings (SSSR count). The maximum absolute atomic E-state index is 11.2. The summed E-state index contributed by atoms with van der Waals surface area (Å²) < 4.78 is 0. The Labute approximate surface area is 105 Å². The van der Waals surface area contributed by atoms with Gasteiger partial charge in [-0.2, -0.15) is 0 Å². The van der Waals surface area contributed by atoms with Crippen molar-refractivity contribution in [3.63, 3.8) is 0 Å². The van der Waals surface area contributed by atoms with Gasteiger partial charge < -0.3 is 14.9 Å². The zero-order valence-electron chi connectivity index (χ0n) is 9.77. The third kappa shape index (κ3) is 2.51. The van der Waals surface area contributed by atoms with E-state index in [2.05, 4.69) is 0 Å². The number of carboxylic acids is 1. The molecule has 5 nitrogen and oxygen atoms in total. The second-order valence-corrected chi connectivity index (χ2v) is 3.97. The molecule has 0 fully saturated rings. The molecule has 0 amide bonds. The quantitative estimate of drug-likeness (QED) is 0.793. The van der Waals surface area contributed by atoms with E-state index in [0.29, 0.717) is 6.54 Å². The minimum atomic E-state index is -0.869. The second-order valence-electron chi connectivity index (χ2n) is 3.97. The van der Waals surface area contributed by atoms with Crippen molar-refractivity contribution < 1.29 is 14.7 Å². The van der Waals surface area contributed by atoms with Gasteiger partial charge in [-0.05, 0) is 12.1 Å². The van der Waals surface area contributed by atoms with Gasteiger partial charge in [0, 0.05) is 24.6 Å². The molecule has 1 aromatic carbocycles. The van der Waals surface area contributed by atoms with Crippen molar-refractivity contribution in [1.82, 2.24) is 4.90 Å². The van der Waals surface area contributed by atoms with E-state index >= 15 is 0 Å². The Morgan fingerprint density at radius 1 is 1.28 bits per heavy atom. The molecule has 1 heterocycles. The van der Waals surface area contributed by atoms with Crippen molar-refractivity contribution in [3.8, 4) is 0 Å². The number of aldehydes is 1. The summed E-state index contributed by atoms with van der Waals surface area (Å²) in [5.74, 6) is -0.869. The number of carbonyl (C=O) groups excluding carboxylic acids is 1. The lowest BCUT2D eigenvalue weighted by Gasteiger charge is -2.28. The topological polar surface area (TPSA) is 60.9 Å². The van der Waals surface area contributed by atoms with E-state index in [-0.39, 0.29) is 6.42 Å². The maximum atomic E-state index is 11.2. The summed E-state index contributed by atoms with van der Waals surface area (Å²) in [7, 11) is 0. The molecule has 0 saturated heterocycles. The molecule has 1 aliphatic heterocycles. The van der Waals surface area contributed by atoms with Gasteiger partial charge in [-0.25, -0.2) is 0 Å². The first-order chi connectivity index (χ1) is 8.72. The van der Waals surface area contributed by atoms with Crippen molar-refractivity contribution in [2.45, 2.75) is 12.6 Å². The maximum Gasteiger partial charge on any atom is 0.305 e. The standard InChI is InChI=1S/C13H14N2O3/c16-10-12-14(7-6-13(17)18)8-9-15(12)11-4-2-1-3-5-11/h1-5,8-10,12H,6-7H2,(H,17,18). The molecule has 0 radical (unpaired) electrons. The highest BCUT2D eigenvalue weighted by Gasteiger charge is 2.26. The van der Waals surface area contributed by atoms with Crippen LogP contribution in [0.5, 0.6) is 0 Å². The molecule has 5 heteroatoms. The highest BCUT2D eigenvalue weighted by atomic mass is 16.4. The second kappa shape index (κ2) is 5.35. The van der Waals surface area contributed by atoms with E-state index in [1.165, 1.54) is 0 Å². The lowest BCUT2D eigenvalue weighted by atomic mass is 10.3. The van der Waals surface area contributed by atoms with Crippen LogP contribution in [0, 0.1) is 0 Å². The molecular weight excluding hydrogens is 232 g/mol. The number of nitrogens with zero attached hydrogens (tertiary/aromatic N) is 2. The monoisotopic (exact) mass is 246 g/mol. The molecule has 0 aliphatic carbocycles. The summed E-state index contributed by atoms with van der Waals surface area (Å²) >= 11 is 0. The molecule has 18 heavy (non-hydrogen) atoms. The molecule has 1 unspecified atom stereocenters. The van der Waals surface area contributed by atoms with Crippen LogP contribution in [0.1, 0.15) is 6.42 Å². The van der Waals surface area contributed by atoms with Crippen LogP contribution in [0.25, 0.3) is 0 Å². The summed E-state index contributed by atoms with van der Waals surface area (Å²) in [5, 5.41) is 8.66. The van der Waals surface area contributed by atoms with E-state index < -0.39 is 12.1 Å². The molecule has 1 atom stereocenters. The fourth-order valence-corrected chi connectivity index (χ4v) is 1.91. The van der Waals surface area contributed by atoms with Crippen LogP contribution in [0.4, 0.5) is 5.69 Å². The van der Waals surface area contributed by atoms with Crippen molar-refractivity contribution in [1.29, 1.82) is 0 Å². The average Bonchev–Trinajstić information content (AvgIpc) is 2.80. The summed E-state index contributed by atoms with van der Waals surface area (Å²) in [6.45, 7) is 0.318. The zero-order valence-corrected chi connectivity index (χ0v) is 9.77.